The number of hydrogen-bond donors (Lipinski definition) is 1. The Kier molecular flexibility index (Phi) is 6.02. The summed E-state index contributed by atoms with van der Waals surface area (Å²) in [6.45, 7) is 9.75. The normalized spacial score (nSPS) is 17.8. The molecule has 0 spiro atoms. The second kappa shape index (κ2) is 7.79. The van der Waals surface area contributed by atoms with E-state index in [1.807, 2.05) is 56.0 Å². The van der Waals surface area contributed by atoms with Crippen molar-refractivity contribution in [3.05, 3.63) is 30.3 Å². The number of aliphatic hydroxyl groups is 1. The molecule has 0 aliphatic carbocycles. The zero-order chi connectivity index (χ0) is 16.9. The SMILES string of the molecule is CC(C)(C)C(=O)N1CCN(C[C@H](O)COc2ccccc2)CC1. The van der Waals surface area contributed by atoms with Crippen molar-refractivity contribution in [3.63, 3.8) is 0 Å². The largest absolute Gasteiger partial charge is 0.491 e. The Morgan fingerprint density at radius 3 is 2.35 bits per heavy atom. The Morgan fingerprint density at radius 2 is 1.78 bits per heavy atom. The molecule has 5 heteroatoms. The van der Waals surface area contributed by atoms with Crippen molar-refractivity contribution in [3.8, 4) is 5.75 Å². The lowest BCUT2D eigenvalue weighted by atomic mass is 9.94. The maximum Gasteiger partial charge on any atom is 0.228 e. The Bertz CT molecular complexity index is 491. The molecule has 0 radical (unpaired) electrons. The van der Waals surface area contributed by atoms with Gasteiger partial charge in [-0.15, -0.1) is 0 Å². The number of amides is 1. The first-order valence-corrected chi connectivity index (χ1v) is 8.24. The molecule has 1 N–H and O–H groups in total. The monoisotopic (exact) mass is 320 g/mol. The summed E-state index contributed by atoms with van der Waals surface area (Å²) in [7, 11) is 0. The zero-order valence-electron chi connectivity index (χ0n) is 14.4. The minimum atomic E-state index is -0.528. The third kappa shape index (κ3) is 5.52. The maximum atomic E-state index is 12.2. The summed E-state index contributed by atoms with van der Waals surface area (Å²) < 4.78 is 5.57. The summed E-state index contributed by atoms with van der Waals surface area (Å²) in [6, 6.07) is 9.51. The second-order valence-corrected chi connectivity index (χ2v) is 7.12. The summed E-state index contributed by atoms with van der Waals surface area (Å²) in [4.78, 5) is 16.4. The molecular weight excluding hydrogens is 292 g/mol. The first kappa shape index (κ1) is 17.8. The highest BCUT2D eigenvalue weighted by Gasteiger charge is 2.30. The molecule has 1 heterocycles. The fourth-order valence-electron chi connectivity index (χ4n) is 2.67. The van der Waals surface area contributed by atoms with Crippen LogP contribution in [0.4, 0.5) is 0 Å². The Hall–Kier alpha value is -1.59. The van der Waals surface area contributed by atoms with Crippen LogP contribution in [0.3, 0.4) is 0 Å². The zero-order valence-corrected chi connectivity index (χ0v) is 14.4. The lowest BCUT2D eigenvalue weighted by Crippen LogP contribution is -2.53. The quantitative estimate of drug-likeness (QED) is 0.896. The average molecular weight is 320 g/mol. The standard InChI is InChI=1S/C18H28N2O3/c1-18(2,3)17(22)20-11-9-19(10-12-20)13-15(21)14-23-16-7-5-4-6-8-16/h4-8,15,21H,9-14H2,1-3H3/t15-/m0/s1. The van der Waals surface area contributed by atoms with E-state index in [1.54, 1.807) is 0 Å². The van der Waals surface area contributed by atoms with Crippen LogP contribution in [0, 0.1) is 5.41 Å². The number of para-hydroxylation sites is 1. The summed E-state index contributed by atoms with van der Waals surface area (Å²) in [5.41, 5.74) is -0.328. The Balaban J connectivity index is 1.70. The molecule has 1 aromatic rings. The predicted molar refractivity (Wildman–Crippen MR) is 90.4 cm³/mol. The molecule has 128 valence electrons. The van der Waals surface area contributed by atoms with E-state index >= 15 is 0 Å². The second-order valence-electron chi connectivity index (χ2n) is 7.12. The summed E-state index contributed by atoms with van der Waals surface area (Å²) in [5.74, 6) is 0.970. The van der Waals surface area contributed by atoms with Gasteiger partial charge in [0.15, 0.2) is 0 Å². The smallest absolute Gasteiger partial charge is 0.228 e. The van der Waals surface area contributed by atoms with Gasteiger partial charge in [-0.1, -0.05) is 39.0 Å². The molecule has 1 saturated heterocycles. The van der Waals surface area contributed by atoms with Crippen molar-refractivity contribution in [2.24, 2.45) is 5.41 Å². The summed E-state index contributed by atoms with van der Waals surface area (Å²) in [6.07, 6.45) is -0.528. The van der Waals surface area contributed by atoms with Crippen LogP contribution in [0.1, 0.15) is 20.8 Å². The highest BCUT2D eigenvalue weighted by atomic mass is 16.5. The number of aliphatic hydroxyl groups excluding tert-OH is 1. The molecule has 23 heavy (non-hydrogen) atoms. The van der Waals surface area contributed by atoms with Crippen LogP contribution in [0.25, 0.3) is 0 Å². The van der Waals surface area contributed by atoms with Gasteiger partial charge in [-0.05, 0) is 12.1 Å². The van der Waals surface area contributed by atoms with E-state index in [2.05, 4.69) is 4.90 Å². The van der Waals surface area contributed by atoms with Gasteiger partial charge in [0.2, 0.25) is 5.91 Å². The lowest BCUT2D eigenvalue weighted by molar-refractivity contribution is -0.141. The van der Waals surface area contributed by atoms with Crippen LogP contribution >= 0.6 is 0 Å². The van der Waals surface area contributed by atoms with Gasteiger partial charge in [-0.2, -0.15) is 0 Å². The van der Waals surface area contributed by atoms with Crippen molar-refractivity contribution < 1.29 is 14.6 Å². The minimum Gasteiger partial charge on any atom is -0.491 e. The van der Waals surface area contributed by atoms with Crippen molar-refractivity contribution >= 4 is 5.91 Å². The van der Waals surface area contributed by atoms with Gasteiger partial charge in [0.05, 0.1) is 0 Å². The average Bonchev–Trinajstić information content (AvgIpc) is 2.53. The number of piperazine rings is 1. The fraction of sp³-hybridized carbons (Fsp3) is 0.611. The van der Waals surface area contributed by atoms with E-state index in [-0.39, 0.29) is 17.9 Å². The molecule has 0 saturated carbocycles. The highest BCUT2D eigenvalue weighted by Crippen LogP contribution is 2.18. The van der Waals surface area contributed by atoms with Gasteiger partial charge < -0.3 is 14.7 Å². The highest BCUT2D eigenvalue weighted by molar-refractivity contribution is 5.81. The number of rotatable bonds is 5. The first-order chi connectivity index (χ1) is 10.9. The number of hydrogen-bond acceptors (Lipinski definition) is 4. The number of β-amino-alcohol motifs (C(OH)–C–C–N with tert-alkyl or cyclic N) is 1. The number of carbonyl (C=O) groups is 1. The van der Waals surface area contributed by atoms with Crippen molar-refractivity contribution in [2.45, 2.75) is 26.9 Å². The molecule has 1 amide bonds. The molecule has 1 atom stereocenters. The number of carbonyl (C=O) groups excluding carboxylic acids is 1. The number of benzene rings is 1. The van der Waals surface area contributed by atoms with Crippen LogP contribution < -0.4 is 4.74 Å². The van der Waals surface area contributed by atoms with Crippen LogP contribution in [-0.4, -0.2) is 66.2 Å². The molecule has 1 aliphatic heterocycles. The number of nitrogens with zero attached hydrogens (tertiary/aromatic N) is 2. The maximum absolute atomic E-state index is 12.2. The first-order valence-electron chi connectivity index (χ1n) is 8.24. The molecule has 1 fully saturated rings. The van der Waals surface area contributed by atoms with E-state index < -0.39 is 6.10 Å². The molecule has 1 aromatic carbocycles. The van der Waals surface area contributed by atoms with Crippen molar-refractivity contribution in [2.75, 3.05) is 39.3 Å². The summed E-state index contributed by atoms with van der Waals surface area (Å²) >= 11 is 0. The van der Waals surface area contributed by atoms with Crippen LogP contribution in [0.2, 0.25) is 0 Å². The molecule has 0 aromatic heterocycles. The molecule has 0 unspecified atom stereocenters. The van der Waals surface area contributed by atoms with Gasteiger partial charge in [-0.25, -0.2) is 0 Å². The third-order valence-corrected chi connectivity index (χ3v) is 3.96. The van der Waals surface area contributed by atoms with Crippen molar-refractivity contribution in [1.82, 2.24) is 9.80 Å². The Labute approximate surface area is 138 Å². The summed E-state index contributed by atoms with van der Waals surface area (Å²) in [5, 5.41) is 10.1. The van der Waals surface area contributed by atoms with E-state index in [1.165, 1.54) is 0 Å². The van der Waals surface area contributed by atoms with E-state index in [0.29, 0.717) is 6.54 Å². The molecule has 1 aliphatic rings. The van der Waals surface area contributed by atoms with E-state index in [0.717, 1.165) is 31.9 Å². The Morgan fingerprint density at radius 1 is 1.17 bits per heavy atom. The van der Waals surface area contributed by atoms with Crippen LogP contribution in [-0.2, 0) is 4.79 Å². The fourth-order valence-corrected chi connectivity index (χ4v) is 2.67. The van der Waals surface area contributed by atoms with Gasteiger partial charge >= 0.3 is 0 Å². The van der Waals surface area contributed by atoms with Gasteiger partial charge in [0, 0.05) is 38.1 Å². The van der Waals surface area contributed by atoms with Crippen LogP contribution in [0.5, 0.6) is 5.75 Å². The van der Waals surface area contributed by atoms with Crippen molar-refractivity contribution in [1.29, 1.82) is 0 Å². The molecule has 2 rings (SSSR count). The van der Waals surface area contributed by atoms with Gasteiger partial charge in [0.1, 0.15) is 18.5 Å². The van der Waals surface area contributed by atoms with E-state index in [9.17, 15) is 9.90 Å². The van der Waals surface area contributed by atoms with Gasteiger partial charge in [0.25, 0.3) is 0 Å². The predicted octanol–water partition coefficient (Wildman–Crippen LogP) is 1.62. The molecule has 5 nitrogen and oxygen atoms in total. The third-order valence-electron chi connectivity index (χ3n) is 3.96. The van der Waals surface area contributed by atoms with Gasteiger partial charge in [-0.3, -0.25) is 9.69 Å². The lowest BCUT2D eigenvalue weighted by Gasteiger charge is -2.38. The van der Waals surface area contributed by atoms with Crippen LogP contribution in [0.15, 0.2) is 30.3 Å². The minimum absolute atomic E-state index is 0.199. The molecular formula is C18H28N2O3. The topological polar surface area (TPSA) is 53.0 Å². The number of ether oxygens (including phenoxy) is 1. The van der Waals surface area contributed by atoms with E-state index in [4.69, 9.17) is 4.74 Å². The molecule has 0 bridgehead atoms.